The molecule has 5 rings (SSSR count). The Kier molecular flexibility index (Phi) is 8.55. The maximum absolute atomic E-state index is 15.0. The topological polar surface area (TPSA) is 46.7 Å². The third-order valence-electron chi connectivity index (χ3n) is 7.35. The Balaban J connectivity index is 1.55. The smallest absolute Gasteiger partial charge is 0.435 e. The van der Waals surface area contributed by atoms with Gasteiger partial charge in [0, 0.05) is 44.0 Å². The van der Waals surface area contributed by atoms with Gasteiger partial charge in [-0.05, 0) is 60.9 Å². The highest BCUT2D eigenvalue weighted by atomic mass is 32.1. The van der Waals surface area contributed by atoms with Gasteiger partial charge < -0.3 is 9.30 Å². The molecule has 0 saturated carbocycles. The summed E-state index contributed by atoms with van der Waals surface area (Å²) < 4.78 is 52.8. The van der Waals surface area contributed by atoms with Crippen molar-refractivity contribution in [2.45, 2.75) is 39.1 Å². The van der Waals surface area contributed by atoms with Gasteiger partial charge >= 0.3 is 6.18 Å². The van der Waals surface area contributed by atoms with Crippen LogP contribution in [0.25, 0.3) is 38.8 Å². The van der Waals surface area contributed by atoms with Crippen LogP contribution in [0.4, 0.5) is 13.2 Å². The van der Waals surface area contributed by atoms with Crippen LogP contribution in [0.2, 0.25) is 0 Å². The van der Waals surface area contributed by atoms with Crippen LogP contribution in [0.15, 0.2) is 95.5 Å². The predicted octanol–water partition coefficient (Wildman–Crippen LogP) is 10.2. The Morgan fingerprint density at radius 2 is 1.71 bits per heavy atom. The number of allylic oxidation sites excluding steroid dienone is 1. The van der Waals surface area contributed by atoms with Crippen molar-refractivity contribution in [2.24, 2.45) is 5.92 Å². The highest BCUT2D eigenvalue weighted by Crippen LogP contribution is 2.56. The molecule has 2 aromatic carbocycles. The number of rotatable bonds is 7. The fraction of sp³-hybridized carbons (Fsp3) is 0.194. The molecule has 0 amide bonds. The van der Waals surface area contributed by atoms with Crippen molar-refractivity contribution in [3.05, 3.63) is 145 Å². The van der Waals surface area contributed by atoms with E-state index in [0.717, 1.165) is 22.5 Å². The number of nitriles is 1. The van der Waals surface area contributed by atoms with E-state index in [9.17, 15) is 5.26 Å². The molecule has 0 aliphatic carbocycles. The van der Waals surface area contributed by atoms with Crippen LogP contribution in [0.5, 0.6) is 0 Å². The number of halogens is 3. The zero-order valence-electron chi connectivity index (χ0n) is 24.7. The fourth-order valence-corrected chi connectivity index (χ4v) is 6.19. The summed E-state index contributed by atoms with van der Waals surface area (Å²) in [6.07, 6.45) is 1.70. The van der Waals surface area contributed by atoms with Crippen molar-refractivity contribution in [1.82, 2.24) is 4.57 Å². The number of hydrogen-bond acceptors (Lipinski definition) is 3. The Morgan fingerprint density at radius 3 is 2.31 bits per heavy atom. The number of hydrogen-bond donors (Lipinski definition) is 0. The summed E-state index contributed by atoms with van der Waals surface area (Å²) in [5.74, 6) is -0.236. The summed E-state index contributed by atoms with van der Waals surface area (Å²) in [4.78, 5) is 7.90. The zero-order valence-corrected chi connectivity index (χ0v) is 25.5. The van der Waals surface area contributed by atoms with Gasteiger partial charge in [0.05, 0.1) is 19.2 Å². The number of aryl methyl sites for hydroxylation is 1. The molecule has 1 aliphatic rings. The van der Waals surface area contributed by atoms with Gasteiger partial charge in [-0.3, -0.25) is 0 Å². The number of thiophene rings is 1. The van der Waals surface area contributed by atoms with Crippen LogP contribution in [0.3, 0.4) is 0 Å². The van der Waals surface area contributed by atoms with E-state index in [4.69, 9.17) is 17.9 Å². The predicted molar refractivity (Wildman–Crippen MR) is 172 cm³/mol. The molecule has 224 valence electrons. The molecule has 4 aromatic rings. The summed E-state index contributed by atoms with van der Waals surface area (Å²) in [5, 5.41) is 10.6. The molecule has 2 aromatic heterocycles. The molecule has 5 nitrogen and oxygen atoms in total. The number of nitrogens with zero attached hydrogens (tertiary/aromatic N) is 4. The summed E-state index contributed by atoms with van der Waals surface area (Å²) >= 11 is 1.38. The molecule has 9 heteroatoms. The zero-order chi connectivity index (χ0) is 32.4. The molecule has 0 spiro atoms. The quantitative estimate of drug-likeness (QED) is 0.152. The number of fused-ring (bicyclic) bond motifs is 1. The van der Waals surface area contributed by atoms with Crippen molar-refractivity contribution in [1.29, 1.82) is 5.26 Å². The number of ether oxygens (including phenoxy) is 1. The second-order valence-electron chi connectivity index (χ2n) is 11.0. The van der Waals surface area contributed by atoms with E-state index in [1.54, 1.807) is 18.2 Å². The Morgan fingerprint density at radius 1 is 1.02 bits per heavy atom. The minimum absolute atomic E-state index is 0.266. The highest BCUT2D eigenvalue weighted by Gasteiger charge is 2.64. The van der Waals surface area contributed by atoms with Gasteiger partial charge in [0.2, 0.25) is 11.3 Å². The van der Waals surface area contributed by atoms with Crippen molar-refractivity contribution in [3.8, 4) is 6.07 Å². The van der Waals surface area contributed by atoms with Crippen LogP contribution in [0, 0.1) is 37.3 Å². The summed E-state index contributed by atoms with van der Waals surface area (Å²) in [6.45, 7) is 22.3. The molecule has 0 N–H and O–H groups in total. The summed E-state index contributed by atoms with van der Waals surface area (Å²) in [5.41, 5.74) is -1.67. The minimum atomic E-state index is -5.02. The first-order valence-corrected chi connectivity index (χ1v) is 14.9. The third-order valence-corrected chi connectivity index (χ3v) is 8.36. The first-order chi connectivity index (χ1) is 21.5. The molecule has 0 bridgehead atoms. The number of aromatic nitrogens is 1. The van der Waals surface area contributed by atoms with Crippen LogP contribution in [0.1, 0.15) is 40.4 Å². The van der Waals surface area contributed by atoms with E-state index in [1.807, 2.05) is 18.2 Å². The maximum Gasteiger partial charge on any atom is 0.435 e. The van der Waals surface area contributed by atoms with Crippen LogP contribution in [-0.2, 0) is 16.9 Å². The molecular weight excluding hydrogens is 593 g/mol. The Bertz CT molecular complexity index is 2010. The molecule has 45 heavy (non-hydrogen) atoms. The van der Waals surface area contributed by atoms with Crippen LogP contribution in [-0.4, -0.2) is 10.7 Å². The van der Waals surface area contributed by atoms with Crippen molar-refractivity contribution in [3.63, 3.8) is 0 Å². The summed E-state index contributed by atoms with van der Waals surface area (Å²) in [6, 6.07) is 20.7. The summed E-state index contributed by atoms with van der Waals surface area (Å²) in [7, 11) is 0. The molecule has 0 fully saturated rings. The minimum Gasteiger partial charge on any atom is -0.491 e. The lowest BCUT2D eigenvalue weighted by Crippen LogP contribution is -2.43. The second-order valence-corrected chi connectivity index (χ2v) is 12.1. The van der Waals surface area contributed by atoms with Gasteiger partial charge in [0.15, 0.2) is 0 Å². The third kappa shape index (κ3) is 5.81. The van der Waals surface area contributed by atoms with E-state index in [-0.39, 0.29) is 5.56 Å². The molecular formula is C36H27F3N4OS. The van der Waals surface area contributed by atoms with Gasteiger partial charge in [-0.2, -0.15) is 13.2 Å². The van der Waals surface area contributed by atoms with Gasteiger partial charge in [-0.15, -0.1) is 11.3 Å². The monoisotopic (exact) mass is 620 g/mol. The lowest BCUT2D eigenvalue weighted by atomic mass is 9.85. The van der Waals surface area contributed by atoms with Gasteiger partial charge in [0.25, 0.3) is 5.70 Å². The van der Waals surface area contributed by atoms with Crippen LogP contribution >= 0.6 is 11.3 Å². The molecule has 0 saturated heterocycles. The van der Waals surface area contributed by atoms with E-state index in [0.29, 0.717) is 10.8 Å². The van der Waals surface area contributed by atoms with E-state index in [2.05, 4.69) is 59.3 Å². The normalized spacial score (nSPS) is 18.0. The largest absolute Gasteiger partial charge is 0.491 e. The Hall–Kier alpha value is -5.30. The van der Waals surface area contributed by atoms with Gasteiger partial charge in [-0.1, -0.05) is 62.4 Å². The van der Waals surface area contributed by atoms with Crippen molar-refractivity contribution < 1.29 is 17.9 Å². The molecule has 1 unspecified atom stereocenters. The standard InChI is InChI=1S/C36H27F3N4OS/c1-23(2)22-43-27(20-25-12-11-24(3)19-32(25)43)13-14-28-15-16-29(45-28)17-18-30-33(42-5)34(31(21-40)41-4)44-35(30,36(37,38)39)26-9-7-6-8-10-26/h6-20,23H,22H2,1-3H3/b14-13+,18-17+,34-31+. The van der Waals surface area contributed by atoms with Crippen molar-refractivity contribution >= 4 is 40.5 Å². The van der Waals surface area contributed by atoms with E-state index < -0.39 is 34.5 Å². The van der Waals surface area contributed by atoms with E-state index >= 15 is 13.2 Å². The number of benzene rings is 2. The van der Waals surface area contributed by atoms with Crippen LogP contribution < -0.4 is 0 Å². The molecule has 1 atom stereocenters. The molecule has 1 aliphatic heterocycles. The lowest BCUT2D eigenvalue weighted by Gasteiger charge is -2.34. The first-order valence-electron chi connectivity index (χ1n) is 14.0. The first kappa shape index (κ1) is 31.1. The second kappa shape index (κ2) is 12.4. The average molecular weight is 621 g/mol. The van der Waals surface area contributed by atoms with E-state index in [1.165, 1.54) is 58.8 Å². The molecule has 3 heterocycles. The average Bonchev–Trinajstić information content (AvgIpc) is 3.70. The highest BCUT2D eigenvalue weighted by molar-refractivity contribution is 7.13. The SMILES string of the molecule is [C-]#[N+]C1=C(/C=C/c2ccc(/C=C/c3cc4ccc(C)cc4n3CC(C)C)s2)C(c2ccccc2)(C(F)(F)F)O/C1=C(\C#N)[N+]#[C-]. The fourth-order valence-electron chi connectivity index (χ4n) is 5.37. The lowest BCUT2D eigenvalue weighted by molar-refractivity contribution is -0.249. The van der Waals surface area contributed by atoms with Gasteiger partial charge in [-0.25, -0.2) is 15.0 Å². The maximum atomic E-state index is 15.0. The number of alkyl halides is 3. The Labute approximate surface area is 263 Å². The molecule has 0 radical (unpaired) electrons. The van der Waals surface area contributed by atoms with Crippen molar-refractivity contribution in [2.75, 3.05) is 0 Å². The van der Waals surface area contributed by atoms with Gasteiger partial charge in [0.1, 0.15) is 5.76 Å².